The van der Waals surface area contributed by atoms with Gasteiger partial charge in [0.1, 0.15) is 10.8 Å². The van der Waals surface area contributed by atoms with E-state index in [4.69, 9.17) is 0 Å². The Morgan fingerprint density at radius 2 is 1.39 bits per heavy atom. The van der Waals surface area contributed by atoms with Crippen molar-refractivity contribution in [3.8, 4) is 16.3 Å². The van der Waals surface area contributed by atoms with E-state index in [1.165, 1.54) is 16.0 Å². The van der Waals surface area contributed by atoms with Crippen molar-refractivity contribution in [2.75, 3.05) is 0 Å². The number of aryl methyl sites for hydroxylation is 2. The molecule has 0 saturated heterocycles. The molecular formula is C15H19NOS. The molecule has 3 heteroatoms. The number of hydrogen-bond donors (Lipinski definition) is 1. The summed E-state index contributed by atoms with van der Waals surface area (Å²) in [6.07, 6.45) is 0. The largest absolute Gasteiger partial charge is 0.507 e. The molecule has 0 radical (unpaired) electrons. The third-order valence-corrected chi connectivity index (χ3v) is 4.99. The van der Waals surface area contributed by atoms with Crippen LogP contribution in [0.1, 0.15) is 32.8 Å². The maximum absolute atomic E-state index is 10.4. The highest BCUT2D eigenvalue weighted by atomic mass is 32.1. The summed E-state index contributed by atoms with van der Waals surface area (Å²) < 4.78 is 0. The topological polar surface area (TPSA) is 33.1 Å². The first-order valence-corrected chi connectivity index (χ1v) is 6.90. The van der Waals surface area contributed by atoms with Crippen molar-refractivity contribution in [2.24, 2.45) is 0 Å². The number of rotatable bonds is 1. The van der Waals surface area contributed by atoms with Crippen molar-refractivity contribution in [1.82, 2.24) is 4.98 Å². The fraction of sp³-hybridized carbons (Fsp3) is 0.400. The van der Waals surface area contributed by atoms with Gasteiger partial charge in [0.15, 0.2) is 0 Å². The lowest BCUT2D eigenvalue weighted by Gasteiger charge is -2.15. The molecule has 1 heterocycles. The molecule has 0 spiro atoms. The van der Waals surface area contributed by atoms with Gasteiger partial charge >= 0.3 is 0 Å². The van der Waals surface area contributed by atoms with E-state index in [9.17, 15) is 5.11 Å². The van der Waals surface area contributed by atoms with Gasteiger partial charge in [-0.05, 0) is 63.8 Å². The summed E-state index contributed by atoms with van der Waals surface area (Å²) in [6, 6.07) is 0. The predicted octanol–water partition coefficient (Wildman–Crippen LogP) is 4.37. The van der Waals surface area contributed by atoms with Crippen molar-refractivity contribution in [2.45, 2.75) is 41.5 Å². The van der Waals surface area contributed by atoms with Crippen LogP contribution in [0.15, 0.2) is 0 Å². The van der Waals surface area contributed by atoms with E-state index in [1.54, 1.807) is 11.3 Å². The molecule has 0 bridgehead atoms. The van der Waals surface area contributed by atoms with Crippen LogP contribution in [0.5, 0.6) is 5.75 Å². The molecule has 96 valence electrons. The van der Waals surface area contributed by atoms with Crippen LogP contribution in [0.4, 0.5) is 0 Å². The SMILES string of the molecule is Cc1nc(-c2c(C)c(C)c(C)c(C)c2O)sc1C. The van der Waals surface area contributed by atoms with Crippen molar-refractivity contribution in [3.05, 3.63) is 32.8 Å². The van der Waals surface area contributed by atoms with E-state index in [0.717, 1.165) is 27.4 Å². The molecule has 0 aliphatic rings. The van der Waals surface area contributed by atoms with E-state index in [1.807, 2.05) is 13.8 Å². The van der Waals surface area contributed by atoms with Crippen LogP contribution in [0.25, 0.3) is 10.6 Å². The highest BCUT2D eigenvalue weighted by molar-refractivity contribution is 7.15. The lowest BCUT2D eigenvalue weighted by molar-refractivity contribution is 0.472. The number of benzene rings is 1. The lowest BCUT2D eigenvalue weighted by Crippen LogP contribution is -1.96. The maximum atomic E-state index is 10.4. The molecule has 2 aromatic rings. The molecule has 1 aromatic carbocycles. The fourth-order valence-corrected chi connectivity index (χ4v) is 3.15. The summed E-state index contributed by atoms with van der Waals surface area (Å²) in [6.45, 7) is 12.3. The number of aromatic nitrogens is 1. The molecule has 1 N–H and O–H groups in total. The second kappa shape index (κ2) is 4.39. The van der Waals surface area contributed by atoms with Gasteiger partial charge in [0, 0.05) is 4.88 Å². The van der Waals surface area contributed by atoms with Crippen LogP contribution in [-0.4, -0.2) is 10.1 Å². The Morgan fingerprint density at radius 1 is 0.833 bits per heavy atom. The van der Waals surface area contributed by atoms with Crippen LogP contribution < -0.4 is 0 Å². The molecule has 0 unspecified atom stereocenters. The minimum Gasteiger partial charge on any atom is -0.507 e. The first-order valence-electron chi connectivity index (χ1n) is 6.08. The van der Waals surface area contributed by atoms with Gasteiger partial charge in [-0.15, -0.1) is 11.3 Å². The van der Waals surface area contributed by atoms with E-state index in [2.05, 4.69) is 32.7 Å². The monoisotopic (exact) mass is 261 g/mol. The first-order chi connectivity index (χ1) is 8.34. The van der Waals surface area contributed by atoms with Gasteiger partial charge in [-0.25, -0.2) is 4.98 Å². The van der Waals surface area contributed by atoms with E-state index >= 15 is 0 Å². The van der Waals surface area contributed by atoms with Gasteiger partial charge in [-0.3, -0.25) is 0 Å². The fourth-order valence-electron chi connectivity index (χ4n) is 2.13. The second-order valence-corrected chi connectivity index (χ2v) is 6.09. The van der Waals surface area contributed by atoms with Gasteiger partial charge in [-0.2, -0.15) is 0 Å². The summed E-state index contributed by atoms with van der Waals surface area (Å²) in [5.74, 6) is 0.379. The zero-order chi connectivity index (χ0) is 13.6. The average Bonchev–Trinajstić information content (AvgIpc) is 2.64. The molecule has 0 atom stereocenters. The number of phenols is 1. The number of nitrogens with zero attached hydrogens (tertiary/aromatic N) is 1. The van der Waals surface area contributed by atoms with Crippen LogP contribution in [0.2, 0.25) is 0 Å². The Balaban J connectivity index is 2.79. The summed E-state index contributed by atoms with van der Waals surface area (Å²) in [4.78, 5) is 5.78. The molecule has 0 amide bonds. The maximum Gasteiger partial charge on any atom is 0.129 e. The zero-order valence-electron chi connectivity index (χ0n) is 11.8. The van der Waals surface area contributed by atoms with Gasteiger partial charge in [0.25, 0.3) is 0 Å². The predicted molar refractivity (Wildman–Crippen MR) is 77.6 cm³/mol. The lowest BCUT2D eigenvalue weighted by atomic mass is 9.93. The van der Waals surface area contributed by atoms with E-state index in [-0.39, 0.29) is 0 Å². The van der Waals surface area contributed by atoms with Gasteiger partial charge in [0.2, 0.25) is 0 Å². The van der Waals surface area contributed by atoms with Gasteiger partial charge in [-0.1, -0.05) is 0 Å². The van der Waals surface area contributed by atoms with Crippen LogP contribution in [0.3, 0.4) is 0 Å². The van der Waals surface area contributed by atoms with Crippen molar-refractivity contribution < 1.29 is 5.11 Å². The Bertz CT molecular complexity index is 577. The van der Waals surface area contributed by atoms with Crippen molar-refractivity contribution in [3.63, 3.8) is 0 Å². The summed E-state index contributed by atoms with van der Waals surface area (Å²) in [5, 5.41) is 11.3. The van der Waals surface area contributed by atoms with Crippen LogP contribution in [0, 0.1) is 41.5 Å². The third kappa shape index (κ3) is 1.83. The Hall–Kier alpha value is -1.35. The normalized spacial score (nSPS) is 11.0. The Kier molecular flexibility index (Phi) is 3.20. The van der Waals surface area contributed by atoms with E-state index in [0.29, 0.717) is 5.75 Å². The summed E-state index contributed by atoms with van der Waals surface area (Å²) in [5.41, 5.74) is 6.44. The standard InChI is InChI=1S/C15H19NOS/c1-7-8(2)10(4)14(17)13(9(7)3)15-16-11(5)12(6)18-15/h17H,1-6H3. The molecule has 0 fully saturated rings. The average molecular weight is 261 g/mol. The van der Waals surface area contributed by atoms with Crippen molar-refractivity contribution >= 4 is 11.3 Å². The third-order valence-electron chi connectivity index (χ3n) is 3.90. The molecule has 0 aliphatic carbocycles. The number of thiazole rings is 1. The van der Waals surface area contributed by atoms with E-state index < -0.39 is 0 Å². The minimum absolute atomic E-state index is 0.379. The van der Waals surface area contributed by atoms with Crippen LogP contribution in [-0.2, 0) is 0 Å². The molecule has 0 saturated carbocycles. The summed E-state index contributed by atoms with van der Waals surface area (Å²) in [7, 11) is 0. The minimum atomic E-state index is 0.379. The first kappa shape index (κ1) is 13.1. The molecule has 18 heavy (non-hydrogen) atoms. The summed E-state index contributed by atoms with van der Waals surface area (Å²) >= 11 is 1.65. The Labute approximate surface area is 112 Å². The van der Waals surface area contributed by atoms with Gasteiger partial charge < -0.3 is 5.11 Å². The highest BCUT2D eigenvalue weighted by Gasteiger charge is 2.18. The molecule has 0 aliphatic heterocycles. The van der Waals surface area contributed by atoms with Crippen molar-refractivity contribution in [1.29, 1.82) is 0 Å². The number of phenolic OH excluding ortho intramolecular Hbond substituents is 1. The molecular weight excluding hydrogens is 242 g/mol. The Morgan fingerprint density at radius 3 is 1.89 bits per heavy atom. The molecule has 2 nitrogen and oxygen atoms in total. The number of hydrogen-bond acceptors (Lipinski definition) is 3. The van der Waals surface area contributed by atoms with Crippen LogP contribution >= 0.6 is 11.3 Å². The van der Waals surface area contributed by atoms with Gasteiger partial charge in [0.05, 0.1) is 11.3 Å². The molecule has 2 rings (SSSR count). The molecule has 1 aromatic heterocycles. The highest BCUT2D eigenvalue weighted by Crippen LogP contribution is 2.41. The quantitative estimate of drug-likeness (QED) is 0.827. The second-order valence-electron chi connectivity index (χ2n) is 4.88. The smallest absolute Gasteiger partial charge is 0.129 e. The number of aromatic hydroxyl groups is 1. The zero-order valence-corrected chi connectivity index (χ0v) is 12.6.